The number of hydrogen-bond donors (Lipinski definition) is 1. The lowest BCUT2D eigenvalue weighted by atomic mass is 9.81. The van der Waals surface area contributed by atoms with Gasteiger partial charge in [0.1, 0.15) is 0 Å². The first-order valence-corrected chi connectivity index (χ1v) is 10.5. The van der Waals surface area contributed by atoms with Crippen LogP contribution in [0.5, 0.6) is 0 Å². The van der Waals surface area contributed by atoms with Crippen LogP contribution in [0.3, 0.4) is 0 Å². The maximum atomic E-state index is 12.5. The average molecular weight is 396 g/mol. The van der Waals surface area contributed by atoms with Crippen molar-refractivity contribution < 1.29 is 14.1 Å². The van der Waals surface area contributed by atoms with Gasteiger partial charge in [-0.2, -0.15) is 4.98 Å². The van der Waals surface area contributed by atoms with E-state index in [4.69, 9.17) is 4.52 Å². The van der Waals surface area contributed by atoms with Gasteiger partial charge >= 0.3 is 0 Å². The molecule has 1 fully saturated rings. The number of nitrogens with zero attached hydrogens (tertiary/aromatic N) is 3. The van der Waals surface area contributed by atoms with Crippen LogP contribution in [0.4, 0.5) is 0 Å². The number of carbonyl (C=O) groups is 2. The summed E-state index contributed by atoms with van der Waals surface area (Å²) < 4.78 is 5.08. The monoisotopic (exact) mass is 396 g/mol. The Morgan fingerprint density at radius 3 is 2.76 bits per heavy atom. The third kappa shape index (κ3) is 4.66. The number of nitrogens with one attached hydrogen (secondary N) is 1. The van der Waals surface area contributed by atoms with Gasteiger partial charge in [-0.25, -0.2) is 0 Å². The zero-order valence-corrected chi connectivity index (χ0v) is 16.9. The van der Waals surface area contributed by atoms with Crippen molar-refractivity contribution >= 4 is 11.8 Å². The zero-order chi connectivity index (χ0) is 20.2. The van der Waals surface area contributed by atoms with E-state index in [2.05, 4.69) is 15.5 Å². The lowest BCUT2D eigenvalue weighted by Gasteiger charge is -2.30. The summed E-state index contributed by atoms with van der Waals surface area (Å²) in [6.07, 6.45) is 5.27. The molecule has 1 aromatic carbocycles. The van der Waals surface area contributed by atoms with Crippen LogP contribution >= 0.6 is 0 Å². The molecular weight excluding hydrogens is 368 g/mol. The van der Waals surface area contributed by atoms with Gasteiger partial charge in [0.25, 0.3) is 5.91 Å². The molecule has 0 atom stereocenters. The van der Waals surface area contributed by atoms with E-state index in [0.29, 0.717) is 30.6 Å². The minimum absolute atomic E-state index is 0.0865. The van der Waals surface area contributed by atoms with Crippen LogP contribution in [-0.4, -0.2) is 39.9 Å². The van der Waals surface area contributed by atoms with Crippen molar-refractivity contribution in [3.63, 3.8) is 0 Å². The van der Waals surface area contributed by atoms with E-state index < -0.39 is 0 Å². The Balaban J connectivity index is 1.16. The third-order valence-corrected chi connectivity index (χ3v) is 6.03. The number of amides is 2. The van der Waals surface area contributed by atoms with Gasteiger partial charge in [-0.15, -0.1) is 0 Å². The Kier molecular flexibility index (Phi) is 5.92. The molecule has 7 heteroatoms. The lowest BCUT2D eigenvalue weighted by Crippen LogP contribution is -2.36. The molecule has 0 unspecified atom stereocenters. The van der Waals surface area contributed by atoms with Gasteiger partial charge in [-0.05, 0) is 56.6 Å². The molecule has 7 nitrogen and oxygen atoms in total. The summed E-state index contributed by atoms with van der Waals surface area (Å²) in [5.74, 6) is 2.13. The number of fused-ring (bicyclic) bond motifs is 1. The fourth-order valence-electron chi connectivity index (χ4n) is 4.42. The van der Waals surface area contributed by atoms with Crippen LogP contribution < -0.4 is 5.32 Å². The number of aryl methyl sites for hydroxylation is 2. The largest absolute Gasteiger partial charge is 0.356 e. The van der Waals surface area contributed by atoms with Gasteiger partial charge in [0.05, 0.1) is 0 Å². The molecule has 2 heterocycles. The summed E-state index contributed by atoms with van der Waals surface area (Å²) in [7, 11) is 0. The Bertz CT molecular complexity index is 870. The second-order valence-electron chi connectivity index (χ2n) is 8.19. The Morgan fingerprint density at radius 1 is 1.24 bits per heavy atom. The van der Waals surface area contributed by atoms with Crippen LogP contribution in [0.25, 0.3) is 0 Å². The Labute approximate surface area is 170 Å². The van der Waals surface area contributed by atoms with E-state index in [1.165, 1.54) is 0 Å². The molecule has 1 aliphatic carbocycles. The number of rotatable bonds is 7. The maximum absolute atomic E-state index is 12.5. The standard InChI is InChI=1S/C22H28N4O3/c1-15-24-20(29-25-15)7-4-12-23-21(27)17-10-8-16(9-11-17)13-26-14-18-5-2-3-6-19(18)22(26)28/h2-3,5-6,16-17H,4,7-14H2,1H3,(H,23,27). The van der Waals surface area contributed by atoms with Gasteiger partial charge in [-0.1, -0.05) is 23.4 Å². The Morgan fingerprint density at radius 2 is 2.03 bits per heavy atom. The second kappa shape index (κ2) is 8.76. The van der Waals surface area contributed by atoms with Gasteiger partial charge in [-0.3, -0.25) is 9.59 Å². The van der Waals surface area contributed by atoms with Crippen LogP contribution in [-0.2, 0) is 17.8 Å². The summed E-state index contributed by atoms with van der Waals surface area (Å²) in [5.41, 5.74) is 1.97. The van der Waals surface area contributed by atoms with Crippen molar-refractivity contribution in [2.45, 2.75) is 52.0 Å². The quantitative estimate of drug-likeness (QED) is 0.727. The van der Waals surface area contributed by atoms with E-state index in [9.17, 15) is 9.59 Å². The molecule has 0 bridgehead atoms. The Hall–Kier alpha value is -2.70. The zero-order valence-electron chi connectivity index (χ0n) is 16.9. The third-order valence-electron chi connectivity index (χ3n) is 6.03. The number of hydrogen-bond acceptors (Lipinski definition) is 5. The minimum atomic E-state index is 0.0865. The van der Waals surface area contributed by atoms with E-state index in [1.54, 1.807) is 6.92 Å². The molecule has 1 aromatic heterocycles. The lowest BCUT2D eigenvalue weighted by molar-refractivity contribution is -0.126. The van der Waals surface area contributed by atoms with E-state index in [-0.39, 0.29) is 17.7 Å². The van der Waals surface area contributed by atoms with Crippen molar-refractivity contribution in [2.75, 3.05) is 13.1 Å². The van der Waals surface area contributed by atoms with Crippen molar-refractivity contribution in [1.29, 1.82) is 0 Å². The first-order valence-electron chi connectivity index (χ1n) is 10.5. The van der Waals surface area contributed by atoms with Crippen molar-refractivity contribution in [1.82, 2.24) is 20.4 Å². The highest BCUT2D eigenvalue weighted by Crippen LogP contribution is 2.32. The predicted octanol–water partition coefficient (Wildman–Crippen LogP) is 2.89. The summed E-state index contributed by atoms with van der Waals surface area (Å²) in [6.45, 7) is 3.94. The molecule has 1 aliphatic heterocycles. The van der Waals surface area contributed by atoms with E-state index >= 15 is 0 Å². The number of aromatic nitrogens is 2. The molecule has 1 N–H and O–H groups in total. The topological polar surface area (TPSA) is 88.3 Å². The molecule has 4 rings (SSSR count). The summed E-state index contributed by atoms with van der Waals surface area (Å²) in [4.78, 5) is 31.1. The van der Waals surface area contributed by atoms with E-state index in [1.807, 2.05) is 29.2 Å². The van der Waals surface area contributed by atoms with E-state index in [0.717, 1.165) is 56.3 Å². The van der Waals surface area contributed by atoms with Crippen LogP contribution in [0.1, 0.15) is 59.7 Å². The molecule has 29 heavy (non-hydrogen) atoms. The normalized spacial score (nSPS) is 21.3. The van der Waals surface area contributed by atoms with Crippen molar-refractivity contribution in [3.8, 4) is 0 Å². The van der Waals surface area contributed by atoms with Crippen LogP contribution in [0, 0.1) is 18.8 Å². The molecule has 2 aliphatic rings. The molecule has 154 valence electrons. The van der Waals surface area contributed by atoms with Crippen molar-refractivity contribution in [3.05, 3.63) is 47.1 Å². The molecule has 1 saturated carbocycles. The highest BCUT2D eigenvalue weighted by Gasteiger charge is 2.31. The summed E-state index contributed by atoms with van der Waals surface area (Å²) in [5, 5.41) is 6.81. The number of benzene rings is 1. The second-order valence-corrected chi connectivity index (χ2v) is 8.19. The number of carbonyl (C=O) groups excluding carboxylic acids is 2. The van der Waals surface area contributed by atoms with Crippen molar-refractivity contribution in [2.24, 2.45) is 11.8 Å². The predicted molar refractivity (Wildman–Crippen MR) is 107 cm³/mol. The van der Waals surface area contributed by atoms with Gasteiger partial charge in [0.2, 0.25) is 11.8 Å². The molecule has 0 saturated heterocycles. The first-order chi connectivity index (χ1) is 14.1. The SMILES string of the molecule is Cc1noc(CCCNC(=O)C2CCC(CN3Cc4ccccc4C3=O)CC2)n1. The van der Waals surface area contributed by atoms with Gasteiger partial charge in [0, 0.05) is 37.5 Å². The smallest absolute Gasteiger partial charge is 0.254 e. The van der Waals surface area contributed by atoms with Crippen LogP contribution in [0.2, 0.25) is 0 Å². The maximum Gasteiger partial charge on any atom is 0.254 e. The fraction of sp³-hybridized carbons (Fsp3) is 0.545. The molecule has 2 amide bonds. The fourth-order valence-corrected chi connectivity index (χ4v) is 4.42. The highest BCUT2D eigenvalue weighted by atomic mass is 16.5. The molecular formula is C22H28N4O3. The van der Waals surface area contributed by atoms with Crippen LogP contribution in [0.15, 0.2) is 28.8 Å². The van der Waals surface area contributed by atoms with Gasteiger partial charge in [0.15, 0.2) is 5.82 Å². The van der Waals surface area contributed by atoms with Gasteiger partial charge < -0.3 is 14.7 Å². The molecule has 0 radical (unpaired) electrons. The summed E-state index contributed by atoms with van der Waals surface area (Å²) in [6, 6.07) is 7.86. The minimum Gasteiger partial charge on any atom is -0.356 e. The average Bonchev–Trinajstić information content (AvgIpc) is 3.29. The first kappa shape index (κ1) is 19.6. The highest BCUT2D eigenvalue weighted by molar-refractivity contribution is 5.98. The summed E-state index contributed by atoms with van der Waals surface area (Å²) >= 11 is 0. The molecule has 2 aromatic rings. The molecule has 0 spiro atoms.